The Morgan fingerprint density at radius 1 is 1.03 bits per heavy atom. The summed E-state index contributed by atoms with van der Waals surface area (Å²) in [5.41, 5.74) is 7.08. The van der Waals surface area contributed by atoms with Crippen LogP contribution in [0.1, 0.15) is 37.0 Å². The number of hydrogen-bond donors (Lipinski definition) is 0. The lowest BCUT2D eigenvalue weighted by Crippen LogP contribution is -2.30. The molecule has 0 fully saturated rings. The van der Waals surface area contributed by atoms with Crippen molar-refractivity contribution in [2.75, 3.05) is 0 Å². The van der Waals surface area contributed by atoms with Crippen LogP contribution in [0.25, 0.3) is 0 Å². The molecule has 0 spiro atoms. The second-order valence-electron chi connectivity index (χ2n) is 8.58. The summed E-state index contributed by atoms with van der Waals surface area (Å²) in [6, 6.07) is 19.5. The van der Waals surface area contributed by atoms with Crippen LogP contribution in [0.15, 0.2) is 115 Å². The zero-order valence-electron chi connectivity index (χ0n) is 18.3. The lowest BCUT2D eigenvalue weighted by molar-refractivity contribution is 0.598. The van der Waals surface area contributed by atoms with Crippen molar-refractivity contribution >= 4 is 0 Å². The van der Waals surface area contributed by atoms with Crippen LogP contribution >= 0.6 is 0 Å². The van der Waals surface area contributed by atoms with Gasteiger partial charge in [-0.2, -0.15) is 0 Å². The molecule has 30 heavy (non-hydrogen) atoms. The lowest BCUT2D eigenvalue weighted by atomic mass is 9.64. The quantitative estimate of drug-likeness (QED) is 0.354. The smallest absolute Gasteiger partial charge is 0.0504 e. The van der Waals surface area contributed by atoms with Crippen LogP contribution in [0, 0.1) is 24.7 Å². The van der Waals surface area contributed by atoms with Gasteiger partial charge in [0.05, 0.1) is 5.41 Å². The van der Waals surface area contributed by atoms with Gasteiger partial charge >= 0.3 is 0 Å². The van der Waals surface area contributed by atoms with Crippen LogP contribution in [0.4, 0.5) is 0 Å². The topological polar surface area (TPSA) is 0 Å². The van der Waals surface area contributed by atoms with Gasteiger partial charge in [0.2, 0.25) is 0 Å². The first kappa shape index (κ1) is 21.4. The zero-order valence-corrected chi connectivity index (χ0v) is 18.3. The third kappa shape index (κ3) is 3.77. The molecule has 0 nitrogen and oxygen atoms in total. The van der Waals surface area contributed by atoms with E-state index in [0.717, 1.165) is 28.7 Å². The maximum absolute atomic E-state index is 5.82. The molecule has 0 saturated heterocycles. The second kappa shape index (κ2) is 8.21. The second-order valence-corrected chi connectivity index (χ2v) is 8.58. The summed E-state index contributed by atoms with van der Waals surface area (Å²) >= 11 is 0. The third-order valence-corrected chi connectivity index (χ3v) is 6.25. The van der Waals surface area contributed by atoms with E-state index in [2.05, 4.69) is 99.3 Å². The molecule has 0 aromatic heterocycles. The van der Waals surface area contributed by atoms with Gasteiger partial charge < -0.3 is 0 Å². The van der Waals surface area contributed by atoms with Gasteiger partial charge in [0.1, 0.15) is 0 Å². The van der Waals surface area contributed by atoms with Crippen LogP contribution in [-0.2, 0) is 5.41 Å². The molecule has 0 radical (unpaired) electrons. The summed E-state index contributed by atoms with van der Waals surface area (Å²) in [6.45, 7) is 18.8. The Morgan fingerprint density at radius 3 is 2.20 bits per heavy atom. The van der Waals surface area contributed by atoms with E-state index in [1.165, 1.54) is 16.7 Å². The van der Waals surface area contributed by atoms with E-state index in [0.29, 0.717) is 0 Å². The van der Waals surface area contributed by atoms with Crippen molar-refractivity contribution in [3.63, 3.8) is 0 Å². The molecule has 0 heteroatoms. The minimum absolute atomic E-state index is 0.291. The van der Waals surface area contributed by atoms with Crippen LogP contribution < -0.4 is 0 Å². The van der Waals surface area contributed by atoms with E-state index in [4.69, 9.17) is 6.42 Å². The summed E-state index contributed by atoms with van der Waals surface area (Å²) in [7, 11) is 0. The first-order chi connectivity index (χ1) is 14.2. The standard InChI is InChI=1S/C30H30/c1-8-23(4)28-21-30(25-13-11-10-12-14-25,26-17-15-22(3)16-18-26)20-19-27(28)24(5)29(6,7)9-2/h2,8,10-20H,1,4-5,21H2,3,6-7H3. The Morgan fingerprint density at radius 2 is 1.63 bits per heavy atom. The van der Waals surface area contributed by atoms with Crippen molar-refractivity contribution in [2.24, 2.45) is 5.41 Å². The summed E-state index contributed by atoms with van der Waals surface area (Å²) in [4.78, 5) is 0. The Bertz CT molecular complexity index is 1080. The average Bonchev–Trinajstić information content (AvgIpc) is 2.78. The van der Waals surface area contributed by atoms with Gasteiger partial charge in [-0.05, 0) is 60.6 Å². The maximum Gasteiger partial charge on any atom is 0.0504 e. The molecule has 1 aliphatic carbocycles. The molecule has 0 saturated carbocycles. The molecule has 0 amide bonds. The largest absolute Gasteiger partial charge is 0.119 e. The molecule has 2 aromatic rings. The van der Waals surface area contributed by atoms with Crippen molar-refractivity contribution in [2.45, 2.75) is 32.6 Å². The SMILES string of the molecule is C#CC(C)(C)C(=C)C1=C(C(=C)C=C)CC(c2ccccc2)(c2ccc(C)cc2)C=C1. The van der Waals surface area contributed by atoms with Gasteiger partial charge in [0.25, 0.3) is 0 Å². The molecule has 0 N–H and O–H groups in total. The fourth-order valence-electron chi connectivity index (χ4n) is 4.03. The van der Waals surface area contributed by atoms with Gasteiger partial charge in [-0.15, -0.1) is 6.42 Å². The molecule has 0 bridgehead atoms. The van der Waals surface area contributed by atoms with E-state index in [9.17, 15) is 0 Å². The van der Waals surface area contributed by atoms with E-state index in [-0.39, 0.29) is 5.41 Å². The molecule has 2 aromatic carbocycles. The fourth-order valence-corrected chi connectivity index (χ4v) is 4.03. The van der Waals surface area contributed by atoms with Crippen molar-refractivity contribution < 1.29 is 0 Å². The number of terminal acetylenes is 1. The van der Waals surface area contributed by atoms with Crippen LogP contribution in [0.5, 0.6) is 0 Å². The molecule has 0 aliphatic heterocycles. The Balaban J connectivity index is 2.24. The zero-order chi connectivity index (χ0) is 21.9. The van der Waals surface area contributed by atoms with Crippen molar-refractivity contribution in [1.82, 2.24) is 0 Å². The van der Waals surface area contributed by atoms with Crippen LogP contribution in [-0.4, -0.2) is 0 Å². The predicted octanol–water partition coefficient (Wildman–Crippen LogP) is 7.50. The first-order valence-corrected chi connectivity index (χ1v) is 10.3. The summed E-state index contributed by atoms with van der Waals surface area (Å²) < 4.78 is 0. The van der Waals surface area contributed by atoms with Gasteiger partial charge in [-0.3, -0.25) is 0 Å². The highest BCUT2D eigenvalue weighted by molar-refractivity contribution is 5.62. The summed E-state index contributed by atoms with van der Waals surface area (Å²) in [6.07, 6.45) is 12.9. The Kier molecular flexibility index (Phi) is 5.86. The number of rotatable bonds is 6. The molecule has 1 unspecified atom stereocenters. The third-order valence-electron chi connectivity index (χ3n) is 6.25. The molecule has 150 valence electrons. The molecule has 1 atom stereocenters. The average molecular weight is 391 g/mol. The summed E-state index contributed by atoms with van der Waals surface area (Å²) in [5, 5.41) is 0. The molecule has 0 heterocycles. The number of hydrogen-bond acceptors (Lipinski definition) is 0. The number of aryl methyl sites for hydroxylation is 1. The van der Waals surface area contributed by atoms with Gasteiger partial charge in [0, 0.05) is 5.41 Å². The highest BCUT2D eigenvalue weighted by Gasteiger charge is 2.37. The van der Waals surface area contributed by atoms with E-state index < -0.39 is 5.41 Å². The monoisotopic (exact) mass is 390 g/mol. The highest BCUT2D eigenvalue weighted by atomic mass is 14.4. The van der Waals surface area contributed by atoms with Gasteiger partial charge in [-0.25, -0.2) is 0 Å². The Hall–Kier alpha value is -3.30. The van der Waals surface area contributed by atoms with Crippen molar-refractivity contribution in [3.8, 4) is 12.3 Å². The normalized spacial score (nSPS) is 18.6. The van der Waals surface area contributed by atoms with E-state index in [1.54, 1.807) is 0 Å². The predicted molar refractivity (Wildman–Crippen MR) is 130 cm³/mol. The van der Waals surface area contributed by atoms with Gasteiger partial charge in [-0.1, -0.05) is 104 Å². The van der Waals surface area contributed by atoms with Crippen molar-refractivity contribution in [1.29, 1.82) is 0 Å². The van der Waals surface area contributed by atoms with E-state index in [1.807, 2.05) is 19.9 Å². The Labute approximate surface area is 182 Å². The first-order valence-electron chi connectivity index (χ1n) is 10.3. The molecular formula is C30H30. The van der Waals surface area contributed by atoms with Crippen LogP contribution in [0.2, 0.25) is 0 Å². The maximum atomic E-state index is 5.82. The molecule has 1 aliphatic rings. The molecular weight excluding hydrogens is 360 g/mol. The highest BCUT2D eigenvalue weighted by Crippen LogP contribution is 2.47. The minimum Gasteiger partial charge on any atom is -0.119 e. The van der Waals surface area contributed by atoms with Crippen LogP contribution in [0.3, 0.4) is 0 Å². The lowest BCUT2D eigenvalue weighted by Gasteiger charge is -2.38. The fraction of sp³-hybridized carbons (Fsp3) is 0.200. The van der Waals surface area contributed by atoms with Gasteiger partial charge in [0.15, 0.2) is 0 Å². The summed E-state index contributed by atoms with van der Waals surface area (Å²) in [5.74, 6) is 2.88. The van der Waals surface area contributed by atoms with Crippen molar-refractivity contribution in [3.05, 3.63) is 132 Å². The number of benzene rings is 2. The molecule has 3 rings (SSSR count). The minimum atomic E-state index is -0.441. The van der Waals surface area contributed by atoms with E-state index >= 15 is 0 Å². The number of allylic oxidation sites excluding steroid dienone is 7.